The average Bonchev–Trinajstić information content (AvgIpc) is 3.14. The molecule has 2 aromatic carbocycles. The van der Waals surface area contributed by atoms with Crippen molar-refractivity contribution in [3.8, 4) is 0 Å². The van der Waals surface area contributed by atoms with E-state index in [0.29, 0.717) is 0 Å². The van der Waals surface area contributed by atoms with E-state index >= 15 is 0 Å². The highest BCUT2D eigenvalue weighted by Gasteiger charge is 2.10. The van der Waals surface area contributed by atoms with Gasteiger partial charge in [-0.05, 0) is 29.6 Å². The molecule has 0 saturated carbocycles. The number of rotatable bonds is 3. The van der Waals surface area contributed by atoms with Gasteiger partial charge in [0.15, 0.2) is 0 Å². The second kappa shape index (κ2) is 4.82. The van der Waals surface area contributed by atoms with Crippen LogP contribution in [0.1, 0.15) is 4.88 Å². The molecule has 0 fully saturated rings. The summed E-state index contributed by atoms with van der Waals surface area (Å²) in [7, 11) is 0. The first kappa shape index (κ1) is 12.3. The standard InChI is InChI=1S/C17H15N3S/c18-13-7-8-15(19-10-11-4-3-9-21-11)17-16(13)12-5-1-2-6-14(12)20-17/h1-9,19-20H,10,18H2. The Morgan fingerprint density at radius 3 is 2.81 bits per heavy atom. The van der Waals surface area contributed by atoms with E-state index in [1.54, 1.807) is 11.3 Å². The third-order valence-electron chi connectivity index (χ3n) is 3.73. The fourth-order valence-corrected chi connectivity index (χ4v) is 3.37. The first-order chi connectivity index (χ1) is 10.3. The molecule has 2 aromatic heterocycles. The largest absolute Gasteiger partial charge is 0.398 e. The first-order valence-electron chi connectivity index (χ1n) is 6.88. The highest BCUT2D eigenvalue weighted by atomic mass is 32.1. The zero-order chi connectivity index (χ0) is 14.2. The molecular weight excluding hydrogens is 278 g/mol. The normalized spacial score (nSPS) is 11.2. The Hall–Kier alpha value is -2.46. The lowest BCUT2D eigenvalue weighted by Crippen LogP contribution is -1.99. The van der Waals surface area contributed by atoms with E-state index in [2.05, 4.69) is 39.9 Å². The van der Waals surface area contributed by atoms with Crippen molar-refractivity contribution in [1.29, 1.82) is 0 Å². The number of aromatic nitrogens is 1. The predicted molar refractivity (Wildman–Crippen MR) is 91.9 cm³/mol. The third kappa shape index (κ3) is 2.04. The van der Waals surface area contributed by atoms with Crippen LogP contribution in [0.2, 0.25) is 0 Å². The van der Waals surface area contributed by atoms with Crippen molar-refractivity contribution >= 4 is 44.5 Å². The van der Waals surface area contributed by atoms with Crippen molar-refractivity contribution in [2.24, 2.45) is 0 Å². The number of thiophene rings is 1. The molecule has 0 atom stereocenters. The smallest absolute Gasteiger partial charge is 0.0721 e. The minimum atomic E-state index is 0.809. The van der Waals surface area contributed by atoms with E-state index in [-0.39, 0.29) is 0 Å². The van der Waals surface area contributed by atoms with Gasteiger partial charge in [-0.15, -0.1) is 11.3 Å². The average molecular weight is 293 g/mol. The topological polar surface area (TPSA) is 53.8 Å². The minimum absolute atomic E-state index is 0.809. The molecule has 0 unspecified atom stereocenters. The number of hydrogen-bond donors (Lipinski definition) is 3. The van der Waals surface area contributed by atoms with Gasteiger partial charge in [0, 0.05) is 33.4 Å². The number of hydrogen-bond acceptors (Lipinski definition) is 3. The molecule has 4 aromatic rings. The number of benzene rings is 2. The van der Waals surface area contributed by atoms with Crippen molar-refractivity contribution in [3.05, 3.63) is 58.8 Å². The van der Waals surface area contributed by atoms with Crippen molar-refractivity contribution in [1.82, 2.24) is 4.98 Å². The van der Waals surface area contributed by atoms with E-state index in [4.69, 9.17) is 5.73 Å². The van der Waals surface area contributed by atoms with Crippen molar-refractivity contribution in [2.75, 3.05) is 11.1 Å². The summed E-state index contributed by atoms with van der Waals surface area (Å²) in [5, 5.41) is 7.87. The van der Waals surface area contributed by atoms with Gasteiger partial charge in [0.2, 0.25) is 0 Å². The van der Waals surface area contributed by atoms with Gasteiger partial charge >= 0.3 is 0 Å². The third-order valence-corrected chi connectivity index (χ3v) is 4.60. The Kier molecular flexibility index (Phi) is 2.82. The van der Waals surface area contributed by atoms with Gasteiger partial charge in [0.1, 0.15) is 0 Å². The number of nitrogen functional groups attached to an aromatic ring is 1. The van der Waals surface area contributed by atoms with E-state index in [1.165, 1.54) is 10.3 Å². The number of fused-ring (bicyclic) bond motifs is 3. The SMILES string of the molecule is Nc1ccc(NCc2cccs2)c2[nH]c3ccccc3c12. The number of anilines is 2. The van der Waals surface area contributed by atoms with Crippen molar-refractivity contribution in [2.45, 2.75) is 6.54 Å². The summed E-state index contributed by atoms with van der Waals surface area (Å²) in [5.41, 5.74) is 10.3. The van der Waals surface area contributed by atoms with E-state index in [9.17, 15) is 0 Å². The fraction of sp³-hybridized carbons (Fsp3) is 0.0588. The predicted octanol–water partition coefficient (Wildman–Crippen LogP) is 4.58. The number of nitrogens with one attached hydrogen (secondary N) is 2. The van der Waals surface area contributed by atoms with Crippen LogP contribution in [0.5, 0.6) is 0 Å². The molecule has 21 heavy (non-hydrogen) atoms. The maximum atomic E-state index is 6.18. The highest BCUT2D eigenvalue weighted by Crippen LogP contribution is 2.34. The van der Waals surface area contributed by atoms with Crippen LogP contribution in [0.3, 0.4) is 0 Å². The molecule has 0 aliphatic rings. The molecule has 4 rings (SSSR count). The zero-order valence-corrected chi connectivity index (χ0v) is 12.2. The van der Waals surface area contributed by atoms with Crippen molar-refractivity contribution in [3.63, 3.8) is 0 Å². The molecule has 0 aliphatic carbocycles. The van der Waals surface area contributed by atoms with Crippen LogP contribution in [-0.2, 0) is 6.54 Å². The number of para-hydroxylation sites is 1. The van der Waals surface area contributed by atoms with Gasteiger partial charge in [0.05, 0.1) is 11.2 Å². The summed E-state index contributed by atoms with van der Waals surface area (Å²) in [6.07, 6.45) is 0. The second-order valence-electron chi connectivity index (χ2n) is 5.06. The maximum Gasteiger partial charge on any atom is 0.0721 e. The van der Waals surface area contributed by atoms with Gasteiger partial charge in [-0.1, -0.05) is 24.3 Å². The molecular formula is C17H15N3S. The fourth-order valence-electron chi connectivity index (χ4n) is 2.73. The van der Waals surface area contributed by atoms with Gasteiger partial charge in [-0.25, -0.2) is 0 Å². The van der Waals surface area contributed by atoms with Crippen LogP contribution in [0.15, 0.2) is 53.9 Å². The van der Waals surface area contributed by atoms with E-state index in [0.717, 1.165) is 34.3 Å². The lowest BCUT2D eigenvalue weighted by molar-refractivity contribution is 1.20. The Morgan fingerprint density at radius 2 is 1.95 bits per heavy atom. The summed E-state index contributed by atoms with van der Waals surface area (Å²) >= 11 is 1.76. The first-order valence-corrected chi connectivity index (χ1v) is 7.76. The summed E-state index contributed by atoms with van der Waals surface area (Å²) < 4.78 is 0. The molecule has 104 valence electrons. The van der Waals surface area contributed by atoms with Crippen molar-refractivity contribution < 1.29 is 0 Å². The quantitative estimate of drug-likeness (QED) is 0.484. The van der Waals surface area contributed by atoms with Crippen LogP contribution < -0.4 is 11.1 Å². The summed E-state index contributed by atoms with van der Waals surface area (Å²) in [4.78, 5) is 4.79. The van der Waals surface area contributed by atoms with Crippen LogP contribution in [0.25, 0.3) is 21.8 Å². The summed E-state index contributed by atoms with van der Waals surface area (Å²) in [5.74, 6) is 0. The maximum absolute atomic E-state index is 6.18. The lowest BCUT2D eigenvalue weighted by atomic mass is 10.1. The summed E-state index contributed by atoms with van der Waals surface area (Å²) in [6, 6.07) is 16.5. The molecule has 4 N–H and O–H groups in total. The van der Waals surface area contributed by atoms with Gasteiger partial charge in [-0.3, -0.25) is 0 Å². The van der Waals surface area contributed by atoms with E-state index in [1.807, 2.05) is 24.3 Å². The Bertz CT molecular complexity index is 906. The van der Waals surface area contributed by atoms with Gasteiger partial charge in [0.25, 0.3) is 0 Å². The molecule has 4 heteroatoms. The highest BCUT2D eigenvalue weighted by molar-refractivity contribution is 7.09. The zero-order valence-electron chi connectivity index (χ0n) is 11.4. The molecule has 0 bridgehead atoms. The second-order valence-corrected chi connectivity index (χ2v) is 6.09. The number of aromatic amines is 1. The summed E-state index contributed by atoms with van der Waals surface area (Å²) in [6.45, 7) is 0.825. The Labute approximate surface area is 126 Å². The minimum Gasteiger partial charge on any atom is -0.398 e. The molecule has 0 radical (unpaired) electrons. The van der Waals surface area contributed by atoms with E-state index < -0.39 is 0 Å². The Morgan fingerprint density at radius 1 is 1.05 bits per heavy atom. The molecule has 3 nitrogen and oxygen atoms in total. The van der Waals surface area contributed by atoms with Gasteiger partial charge < -0.3 is 16.0 Å². The van der Waals surface area contributed by atoms with Crippen LogP contribution in [0, 0.1) is 0 Å². The molecule has 2 heterocycles. The van der Waals surface area contributed by atoms with Crippen LogP contribution in [0.4, 0.5) is 11.4 Å². The molecule has 0 aliphatic heterocycles. The molecule has 0 saturated heterocycles. The van der Waals surface area contributed by atoms with Crippen LogP contribution in [-0.4, -0.2) is 4.98 Å². The lowest BCUT2D eigenvalue weighted by Gasteiger charge is -2.08. The van der Waals surface area contributed by atoms with Crippen LogP contribution >= 0.6 is 11.3 Å². The molecule has 0 amide bonds. The molecule has 0 spiro atoms. The number of nitrogens with two attached hydrogens (primary N) is 1. The monoisotopic (exact) mass is 293 g/mol. The van der Waals surface area contributed by atoms with Gasteiger partial charge in [-0.2, -0.15) is 0 Å². The number of H-pyrrole nitrogens is 1. The Balaban J connectivity index is 1.84.